The maximum atomic E-state index is 13.3. The van der Waals surface area contributed by atoms with E-state index in [1.165, 1.54) is 0 Å². The smallest absolute Gasteiger partial charge is 0.338 e. The number of benzene rings is 3. The van der Waals surface area contributed by atoms with Gasteiger partial charge in [0.15, 0.2) is 6.61 Å². The van der Waals surface area contributed by atoms with Gasteiger partial charge in [-0.25, -0.2) is 4.79 Å². The number of hydrogen-bond acceptors (Lipinski definition) is 4. The van der Waals surface area contributed by atoms with E-state index in [4.69, 9.17) is 32.7 Å². The molecule has 0 fully saturated rings. The molecule has 1 amide bonds. The summed E-state index contributed by atoms with van der Waals surface area (Å²) in [5.74, 6) is -0.0165. The predicted octanol–water partition coefficient (Wildman–Crippen LogP) is 6.40. The number of aryl methyl sites for hydroxylation is 1. The van der Waals surface area contributed by atoms with Gasteiger partial charge >= 0.3 is 5.97 Å². The standard InChI is InChI=1S/C26H25Cl2NO4/c1-4-32-26(31)19-9-12-22(13-10-19)29(15-20-8-11-21(27)14-23(20)28)25(30)16-33-24-7-5-6-17(2)18(24)3/h5-14H,4,15-16H2,1-3H3. The van der Waals surface area contributed by atoms with Gasteiger partial charge < -0.3 is 14.4 Å². The minimum atomic E-state index is -0.416. The molecule has 0 heterocycles. The fraction of sp³-hybridized carbons (Fsp3) is 0.231. The lowest BCUT2D eigenvalue weighted by Gasteiger charge is -2.24. The zero-order valence-corrected chi connectivity index (χ0v) is 20.2. The minimum Gasteiger partial charge on any atom is -0.483 e. The predicted molar refractivity (Wildman–Crippen MR) is 131 cm³/mol. The maximum absolute atomic E-state index is 13.3. The number of halogens is 2. The fourth-order valence-corrected chi connectivity index (χ4v) is 3.70. The van der Waals surface area contributed by atoms with Crippen molar-refractivity contribution in [3.63, 3.8) is 0 Å². The number of nitrogens with zero attached hydrogens (tertiary/aromatic N) is 1. The van der Waals surface area contributed by atoms with Crippen molar-refractivity contribution < 1.29 is 19.1 Å². The summed E-state index contributed by atoms with van der Waals surface area (Å²) in [6.07, 6.45) is 0. The van der Waals surface area contributed by atoms with Gasteiger partial charge in [0.25, 0.3) is 5.91 Å². The second-order valence-corrected chi connectivity index (χ2v) is 8.31. The van der Waals surface area contributed by atoms with Gasteiger partial charge in [-0.1, -0.05) is 41.4 Å². The third kappa shape index (κ3) is 6.28. The van der Waals surface area contributed by atoms with Crippen LogP contribution < -0.4 is 9.64 Å². The van der Waals surface area contributed by atoms with Crippen molar-refractivity contribution in [2.75, 3.05) is 18.1 Å². The zero-order chi connectivity index (χ0) is 24.0. The van der Waals surface area contributed by atoms with Crippen LogP contribution in [-0.4, -0.2) is 25.1 Å². The summed E-state index contributed by atoms with van der Waals surface area (Å²) in [6.45, 7) is 6.03. The van der Waals surface area contributed by atoms with Crippen LogP contribution in [0.2, 0.25) is 10.0 Å². The van der Waals surface area contributed by atoms with Crippen molar-refractivity contribution in [1.29, 1.82) is 0 Å². The van der Waals surface area contributed by atoms with Gasteiger partial charge in [0, 0.05) is 15.7 Å². The summed E-state index contributed by atoms with van der Waals surface area (Å²) in [7, 11) is 0. The summed E-state index contributed by atoms with van der Waals surface area (Å²) in [4.78, 5) is 26.8. The van der Waals surface area contributed by atoms with Crippen LogP contribution in [0.1, 0.15) is 34.0 Å². The van der Waals surface area contributed by atoms with Crippen molar-refractivity contribution in [1.82, 2.24) is 0 Å². The van der Waals surface area contributed by atoms with Gasteiger partial charge in [-0.15, -0.1) is 0 Å². The van der Waals surface area contributed by atoms with E-state index < -0.39 is 5.97 Å². The van der Waals surface area contributed by atoms with E-state index in [9.17, 15) is 9.59 Å². The van der Waals surface area contributed by atoms with Crippen LogP contribution in [0.4, 0.5) is 5.69 Å². The second-order valence-electron chi connectivity index (χ2n) is 7.47. The first kappa shape index (κ1) is 24.6. The molecule has 5 nitrogen and oxygen atoms in total. The molecule has 0 unspecified atom stereocenters. The van der Waals surface area contributed by atoms with Gasteiger partial charge in [-0.2, -0.15) is 0 Å². The monoisotopic (exact) mass is 485 g/mol. The van der Waals surface area contributed by atoms with Crippen LogP contribution in [0.5, 0.6) is 5.75 Å². The van der Waals surface area contributed by atoms with E-state index in [2.05, 4.69) is 0 Å². The summed E-state index contributed by atoms with van der Waals surface area (Å²) < 4.78 is 10.9. The molecule has 3 aromatic carbocycles. The average molecular weight is 486 g/mol. The van der Waals surface area contributed by atoms with Crippen molar-refractivity contribution >= 4 is 40.8 Å². The Morgan fingerprint density at radius 2 is 1.70 bits per heavy atom. The Bertz CT molecular complexity index is 1150. The molecule has 0 saturated heterocycles. The van der Waals surface area contributed by atoms with Gasteiger partial charge in [-0.05, 0) is 79.9 Å². The third-order valence-corrected chi connectivity index (χ3v) is 5.83. The number of carbonyl (C=O) groups excluding carboxylic acids is 2. The molecular formula is C26H25Cl2NO4. The molecule has 0 spiro atoms. The Balaban J connectivity index is 1.86. The number of ether oxygens (including phenoxy) is 2. The first-order chi connectivity index (χ1) is 15.8. The molecule has 3 aromatic rings. The lowest BCUT2D eigenvalue weighted by atomic mass is 10.1. The van der Waals surface area contributed by atoms with E-state index in [0.29, 0.717) is 27.0 Å². The molecule has 0 saturated carbocycles. The van der Waals surface area contributed by atoms with E-state index in [1.54, 1.807) is 54.3 Å². The van der Waals surface area contributed by atoms with Crippen molar-refractivity contribution in [2.45, 2.75) is 27.3 Å². The quantitative estimate of drug-likeness (QED) is 0.346. The van der Waals surface area contributed by atoms with Crippen LogP contribution in [0, 0.1) is 13.8 Å². The Kier molecular flexibility index (Phi) is 8.37. The number of rotatable bonds is 8. The first-order valence-electron chi connectivity index (χ1n) is 10.5. The molecule has 7 heteroatoms. The molecule has 0 aliphatic heterocycles. The van der Waals surface area contributed by atoms with Crippen LogP contribution >= 0.6 is 23.2 Å². The average Bonchev–Trinajstić information content (AvgIpc) is 2.79. The molecule has 0 radical (unpaired) electrons. The number of amides is 1. The largest absolute Gasteiger partial charge is 0.483 e. The Labute approximate surface area is 203 Å². The van der Waals surface area contributed by atoms with Crippen molar-refractivity contribution in [3.8, 4) is 5.75 Å². The van der Waals surface area contributed by atoms with Crippen LogP contribution in [0.25, 0.3) is 0 Å². The van der Waals surface area contributed by atoms with E-state index in [-0.39, 0.29) is 25.7 Å². The minimum absolute atomic E-state index is 0.158. The second kappa shape index (κ2) is 11.2. The van der Waals surface area contributed by atoms with Gasteiger partial charge in [0.1, 0.15) is 5.75 Å². The Morgan fingerprint density at radius 1 is 0.970 bits per heavy atom. The topological polar surface area (TPSA) is 55.8 Å². The number of anilines is 1. The first-order valence-corrected chi connectivity index (χ1v) is 11.3. The molecule has 0 aliphatic carbocycles. The van der Waals surface area contributed by atoms with Gasteiger partial charge in [0.05, 0.1) is 18.7 Å². The molecule has 0 atom stereocenters. The van der Waals surface area contributed by atoms with Crippen molar-refractivity contribution in [2.24, 2.45) is 0 Å². The van der Waals surface area contributed by atoms with Gasteiger partial charge in [0.2, 0.25) is 0 Å². The van der Waals surface area contributed by atoms with Crippen LogP contribution in [0.3, 0.4) is 0 Å². The summed E-state index contributed by atoms with van der Waals surface area (Å²) in [6, 6.07) is 17.5. The molecule has 0 N–H and O–H groups in total. The fourth-order valence-electron chi connectivity index (χ4n) is 3.23. The molecule has 0 aromatic heterocycles. The molecule has 0 aliphatic rings. The molecule has 3 rings (SSSR count). The molecule has 172 valence electrons. The van der Waals surface area contributed by atoms with E-state index in [0.717, 1.165) is 16.7 Å². The van der Waals surface area contributed by atoms with E-state index in [1.807, 2.05) is 32.0 Å². The summed E-state index contributed by atoms with van der Waals surface area (Å²) >= 11 is 12.4. The highest BCUT2D eigenvalue weighted by molar-refractivity contribution is 6.35. The zero-order valence-electron chi connectivity index (χ0n) is 18.7. The SMILES string of the molecule is CCOC(=O)c1ccc(N(Cc2ccc(Cl)cc2Cl)C(=O)COc2cccc(C)c2C)cc1. The molecule has 33 heavy (non-hydrogen) atoms. The maximum Gasteiger partial charge on any atom is 0.338 e. The Morgan fingerprint density at radius 3 is 2.36 bits per heavy atom. The molecule has 0 bridgehead atoms. The van der Waals surface area contributed by atoms with Crippen LogP contribution in [0.15, 0.2) is 60.7 Å². The van der Waals surface area contributed by atoms with Crippen molar-refractivity contribution in [3.05, 3.63) is 93.0 Å². The van der Waals surface area contributed by atoms with Crippen LogP contribution in [-0.2, 0) is 16.1 Å². The lowest BCUT2D eigenvalue weighted by Crippen LogP contribution is -2.34. The summed E-state index contributed by atoms with van der Waals surface area (Å²) in [5, 5.41) is 0.970. The highest BCUT2D eigenvalue weighted by Crippen LogP contribution is 2.26. The number of hydrogen-bond donors (Lipinski definition) is 0. The van der Waals surface area contributed by atoms with Gasteiger partial charge in [-0.3, -0.25) is 4.79 Å². The number of carbonyl (C=O) groups is 2. The van der Waals surface area contributed by atoms with E-state index >= 15 is 0 Å². The normalized spacial score (nSPS) is 10.6. The highest BCUT2D eigenvalue weighted by Gasteiger charge is 2.20. The third-order valence-electron chi connectivity index (χ3n) is 5.24. The summed E-state index contributed by atoms with van der Waals surface area (Å²) in [5.41, 5.74) is 3.80. The Hall–Kier alpha value is -3.02. The lowest BCUT2D eigenvalue weighted by molar-refractivity contribution is -0.120. The number of esters is 1. The molecular weight excluding hydrogens is 461 g/mol. The highest BCUT2D eigenvalue weighted by atomic mass is 35.5.